The molecule has 0 spiro atoms. The van der Waals surface area contributed by atoms with Crippen LogP contribution in [0.3, 0.4) is 0 Å². The van der Waals surface area contributed by atoms with Crippen molar-refractivity contribution in [3.05, 3.63) is 104 Å². The van der Waals surface area contributed by atoms with Gasteiger partial charge in [-0.3, -0.25) is 19.1 Å². The van der Waals surface area contributed by atoms with Crippen LogP contribution in [0.15, 0.2) is 81.7 Å². The summed E-state index contributed by atoms with van der Waals surface area (Å²) in [6.45, 7) is 3.00. The Hall–Kier alpha value is -4.44. The lowest BCUT2D eigenvalue weighted by molar-refractivity contribution is 0.477. The molecule has 0 fully saturated rings. The van der Waals surface area contributed by atoms with Gasteiger partial charge in [0.15, 0.2) is 16.9 Å². The predicted molar refractivity (Wildman–Crippen MR) is 131 cm³/mol. The average Bonchev–Trinajstić information content (AvgIpc) is 3.29. The number of benzene rings is 2. The van der Waals surface area contributed by atoms with Gasteiger partial charge < -0.3 is 9.30 Å². The highest BCUT2D eigenvalue weighted by Crippen LogP contribution is 2.22. The summed E-state index contributed by atoms with van der Waals surface area (Å²) in [6.07, 6.45) is 3.06. The number of aromatic nitrogens is 6. The molecule has 2 aromatic carbocycles. The number of aryl methyl sites for hydroxylation is 1. The van der Waals surface area contributed by atoms with Crippen molar-refractivity contribution >= 4 is 28.5 Å². The fourth-order valence-corrected chi connectivity index (χ4v) is 3.77. The lowest BCUT2D eigenvalue weighted by Gasteiger charge is -2.10. The van der Waals surface area contributed by atoms with E-state index in [4.69, 9.17) is 16.3 Å². The summed E-state index contributed by atoms with van der Waals surface area (Å²) in [6, 6.07) is 15.7. The van der Waals surface area contributed by atoms with Crippen molar-refractivity contribution < 1.29 is 4.74 Å². The molecule has 5 aromatic rings. The number of rotatable bonds is 6. The van der Waals surface area contributed by atoms with Crippen molar-refractivity contribution in [1.82, 2.24) is 29.3 Å². The molecule has 3 heterocycles. The van der Waals surface area contributed by atoms with E-state index in [0.717, 1.165) is 5.56 Å². The molecule has 0 atom stereocenters. The summed E-state index contributed by atoms with van der Waals surface area (Å²) in [4.78, 5) is 36.4. The Morgan fingerprint density at radius 3 is 2.54 bits per heavy atom. The average molecular weight is 490 g/mol. The third kappa shape index (κ3) is 4.78. The molecular formula is C24H20ClN7O3. The van der Waals surface area contributed by atoms with Gasteiger partial charge in [-0.1, -0.05) is 23.7 Å². The third-order valence-electron chi connectivity index (χ3n) is 5.31. The van der Waals surface area contributed by atoms with Crippen LogP contribution < -0.4 is 21.5 Å². The summed E-state index contributed by atoms with van der Waals surface area (Å²) in [5.74, 6) is 0.830. The van der Waals surface area contributed by atoms with E-state index in [1.807, 2.05) is 35.8 Å². The van der Waals surface area contributed by atoms with Gasteiger partial charge >= 0.3 is 0 Å². The van der Waals surface area contributed by atoms with Gasteiger partial charge in [-0.15, -0.1) is 0 Å². The van der Waals surface area contributed by atoms with Gasteiger partial charge in [-0.2, -0.15) is 5.10 Å². The first-order valence-electron chi connectivity index (χ1n) is 10.8. The lowest BCUT2D eigenvalue weighted by Crippen LogP contribution is -2.32. The zero-order valence-corrected chi connectivity index (χ0v) is 19.4. The van der Waals surface area contributed by atoms with Gasteiger partial charge in [0.1, 0.15) is 5.75 Å². The molecule has 0 saturated carbocycles. The highest BCUT2D eigenvalue weighted by molar-refractivity contribution is 6.30. The number of imidazole rings is 1. The number of ether oxygens (including phenoxy) is 1. The monoisotopic (exact) mass is 489 g/mol. The van der Waals surface area contributed by atoms with Gasteiger partial charge in [0.2, 0.25) is 5.62 Å². The van der Waals surface area contributed by atoms with Crippen LogP contribution in [0.2, 0.25) is 5.02 Å². The molecule has 0 amide bonds. The highest BCUT2D eigenvalue weighted by Gasteiger charge is 2.13. The van der Waals surface area contributed by atoms with Crippen LogP contribution in [0.1, 0.15) is 12.5 Å². The number of aromatic amines is 2. The van der Waals surface area contributed by atoms with E-state index in [0.29, 0.717) is 52.1 Å². The largest absolute Gasteiger partial charge is 0.455 e. The molecule has 0 radical (unpaired) electrons. The molecule has 0 bridgehead atoms. The van der Waals surface area contributed by atoms with Crippen LogP contribution in [0.25, 0.3) is 11.2 Å². The van der Waals surface area contributed by atoms with E-state index in [9.17, 15) is 9.59 Å². The van der Waals surface area contributed by atoms with E-state index in [-0.39, 0.29) is 11.1 Å². The van der Waals surface area contributed by atoms with Gasteiger partial charge in [0.05, 0.1) is 24.8 Å². The smallest absolute Gasteiger partial charge is 0.278 e. The second kappa shape index (κ2) is 9.43. The van der Waals surface area contributed by atoms with Crippen LogP contribution in [0.4, 0.5) is 5.69 Å². The summed E-state index contributed by atoms with van der Waals surface area (Å²) >= 11 is 6.04. The number of nitrogens with zero attached hydrogens (tertiary/aromatic N) is 5. The molecule has 5 rings (SSSR count). The second-order valence-corrected chi connectivity index (χ2v) is 8.12. The van der Waals surface area contributed by atoms with Crippen LogP contribution in [0.5, 0.6) is 11.5 Å². The Balaban J connectivity index is 1.57. The van der Waals surface area contributed by atoms with Crippen molar-refractivity contribution in [3.8, 4) is 11.5 Å². The van der Waals surface area contributed by atoms with E-state index in [1.165, 1.54) is 12.3 Å². The Morgan fingerprint density at radius 2 is 1.83 bits per heavy atom. The van der Waals surface area contributed by atoms with E-state index in [1.54, 1.807) is 35.2 Å². The normalized spacial score (nSPS) is 11.8. The number of H-pyrrole nitrogens is 2. The summed E-state index contributed by atoms with van der Waals surface area (Å²) in [7, 11) is 0. The Labute approximate surface area is 203 Å². The van der Waals surface area contributed by atoms with Crippen molar-refractivity contribution in [1.29, 1.82) is 0 Å². The number of hydrogen-bond acceptors (Lipinski definition) is 6. The molecule has 0 unspecified atom stereocenters. The lowest BCUT2D eigenvalue weighted by atomic mass is 10.2. The molecule has 2 N–H and O–H groups in total. The minimum atomic E-state index is -0.357. The van der Waals surface area contributed by atoms with Gasteiger partial charge in [0.25, 0.3) is 11.1 Å². The zero-order valence-electron chi connectivity index (χ0n) is 18.6. The van der Waals surface area contributed by atoms with Gasteiger partial charge in [-0.25, -0.2) is 15.1 Å². The molecule has 176 valence electrons. The molecule has 3 aromatic heterocycles. The van der Waals surface area contributed by atoms with Crippen molar-refractivity contribution in [2.75, 3.05) is 0 Å². The standard InChI is InChI=1S/C24H20ClN7O3/c1-2-31-14-26-22-21(31)23(34)29-24(32(22)13-15-3-5-16(25)6-4-15)28-17-7-9-18(10-8-17)35-19-11-20(33)30-27-12-19/h3-12,14H,2,13H2,1H3,(H,30,33)(H,28,29,34). The van der Waals surface area contributed by atoms with E-state index >= 15 is 0 Å². The molecule has 11 heteroatoms. The Morgan fingerprint density at radius 1 is 1.06 bits per heavy atom. The van der Waals surface area contributed by atoms with Gasteiger partial charge in [0, 0.05) is 17.6 Å². The first kappa shape index (κ1) is 22.4. The SMILES string of the molecule is CCn1cnc2c1c(=O)[nH]/c(=N\c1ccc(Oc3cn[nH]c(=O)c3)cc1)n2Cc1ccc(Cl)cc1. The molecule has 0 aliphatic heterocycles. The minimum absolute atomic E-state index is 0.271. The zero-order chi connectivity index (χ0) is 24.4. The first-order valence-corrected chi connectivity index (χ1v) is 11.2. The Kier molecular flexibility index (Phi) is 6.02. The molecular weight excluding hydrogens is 470 g/mol. The second-order valence-electron chi connectivity index (χ2n) is 7.68. The molecule has 0 saturated heterocycles. The van der Waals surface area contributed by atoms with Gasteiger partial charge in [-0.05, 0) is 48.9 Å². The molecule has 10 nitrogen and oxygen atoms in total. The maximum atomic E-state index is 12.9. The van der Waals surface area contributed by atoms with Crippen LogP contribution in [0, 0.1) is 0 Å². The topological polar surface area (TPSA) is 123 Å². The summed E-state index contributed by atoms with van der Waals surface area (Å²) < 4.78 is 9.32. The third-order valence-corrected chi connectivity index (χ3v) is 5.56. The highest BCUT2D eigenvalue weighted by atomic mass is 35.5. The first-order chi connectivity index (χ1) is 17.0. The summed E-state index contributed by atoms with van der Waals surface area (Å²) in [5.41, 5.74) is 2.31. The number of halogens is 1. The maximum absolute atomic E-state index is 12.9. The van der Waals surface area contributed by atoms with Crippen LogP contribution in [-0.4, -0.2) is 29.3 Å². The quantitative estimate of drug-likeness (QED) is 0.378. The maximum Gasteiger partial charge on any atom is 0.278 e. The van der Waals surface area contributed by atoms with E-state index in [2.05, 4.69) is 25.2 Å². The van der Waals surface area contributed by atoms with Crippen molar-refractivity contribution in [2.24, 2.45) is 4.99 Å². The predicted octanol–water partition coefficient (Wildman–Crippen LogP) is 3.36. The molecule has 0 aliphatic carbocycles. The fraction of sp³-hybridized carbons (Fsp3) is 0.125. The number of nitrogens with one attached hydrogen (secondary N) is 2. The summed E-state index contributed by atoms with van der Waals surface area (Å²) in [5, 5.41) is 6.65. The van der Waals surface area contributed by atoms with E-state index < -0.39 is 0 Å². The number of fused-ring (bicyclic) bond motifs is 1. The van der Waals surface area contributed by atoms with Crippen molar-refractivity contribution in [2.45, 2.75) is 20.0 Å². The minimum Gasteiger partial charge on any atom is -0.455 e. The number of hydrogen-bond donors (Lipinski definition) is 2. The Bertz CT molecular complexity index is 1680. The molecule has 0 aliphatic rings. The fourth-order valence-electron chi connectivity index (χ4n) is 3.64. The van der Waals surface area contributed by atoms with Crippen molar-refractivity contribution in [3.63, 3.8) is 0 Å². The van der Waals surface area contributed by atoms with Crippen LogP contribution in [-0.2, 0) is 13.1 Å². The van der Waals surface area contributed by atoms with Crippen LogP contribution >= 0.6 is 11.6 Å². The molecule has 35 heavy (non-hydrogen) atoms.